The van der Waals surface area contributed by atoms with Crippen LogP contribution in [0.3, 0.4) is 0 Å². The van der Waals surface area contributed by atoms with E-state index in [4.69, 9.17) is 0 Å². The van der Waals surface area contributed by atoms with Gasteiger partial charge in [0.15, 0.2) is 0 Å². The molecule has 0 saturated heterocycles. The smallest absolute Gasteiger partial charge is 0.293 e. The van der Waals surface area contributed by atoms with Gasteiger partial charge in [0.05, 0.1) is 0 Å². The molecule has 0 saturated carbocycles. The number of rotatable bonds is 14. The predicted molar refractivity (Wildman–Crippen MR) is 85.6 cm³/mol. The highest BCUT2D eigenvalue weighted by Gasteiger charge is 3.00. The van der Waals surface area contributed by atoms with Crippen LogP contribution in [0.2, 0.25) is 0 Å². The highest BCUT2D eigenvalue weighted by molar-refractivity contribution is 5.84. The van der Waals surface area contributed by atoms with E-state index >= 15 is 0 Å². The number of ketones is 1. The molecule has 0 bridgehead atoms. The Bertz CT molecular complexity index is 1150. The molecule has 0 heterocycles. The van der Waals surface area contributed by atoms with Crippen LogP contribution in [0, 0.1) is 0 Å². The van der Waals surface area contributed by atoms with E-state index in [0.717, 1.165) is 0 Å². The quantitative estimate of drug-likeness (QED) is 0.162. The molecule has 0 fully saturated rings. The van der Waals surface area contributed by atoms with Gasteiger partial charge in [-0.1, -0.05) is 0 Å². The molecule has 29 heteroatoms. The van der Waals surface area contributed by atoms with Crippen LogP contribution in [-0.2, 0) is 4.79 Å². The highest BCUT2D eigenvalue weighted by Crippen LogP contribution is 2.68. The third-order valence-corrected chi connectivity index (χ3v) is 5.73. The van der Waals surface area contributed by atoms with E-state index < -0.39 is 103 Å². The summed E-state index contributed by atoms with van der Waals surface area (Å²) in [6.45, 7) is -2.53. The molecule has 0 aromatic heterocycles. The lowest BCUT2D eigenvalue weighted by atomic mass is 9.83. The first-order valence-electron chi connectivity index (χ1n) is 10.00. The summed E-state index contributed by atoms with van der Waals surface area (Å²) in [6.07, 6.45) is 0. The molecule has 46 heavy (non-hydrogen) atoms. The Balaban J connectivity index is 7.59. The Hall–Kier alpha value is -2.29. The van der Waals surface area contributed by atoms with Crippen LogP contribution >= 0.6 is 0 Å². The molecule has 0 atom stereocenters. The molecular weight excluding hydrogens is 752 g/mol. The van der Waals surface area contributed by atoms with Gasteiger partial charge in [0, 0.05) is 13.8 Å². The van der Waals surface area contributed by atoms with Gasteiger partial charge in [0.25, 0.3) is 0 Å². The van der Waals surface area contributed by atoms with Crippen LogP contribution in [0.5, 0.6) is 0 Å². The normalized spacial score (nSPS) is 17.0. The number of hydrogen-bond acceptors (Lipinski definition) is 1. The number of carbonyl (C=O) groups is 1. The Morgan fingerprint density at radius 2 is 0.413 bits per heavy atom. The van der Waals surface area contributed by atoms with Crippen molar-refractivity contribution in [2.24, 2.45) is 0 Å². The second-order valence-electron chi connectivity index (χ2n) is 8.91. The van der Waals surface area contributed by atoms with Gasteiger partial charge in [-0.05, 0) is 0 Å². The van der Waals surface area contributed by atoms with E-state index in [1.807, 2.05) is 0 Å². The minimum atomic E-state index is -9.88. The van der Waals surface area contributed by atoms with Gasteiger partial charge in [-0.25, -0.2) is 0 Å². The van der Waals surface area contributed by atoms with Crippen molar-refractivity contribution in [2.75, 3.05) is 0 Å². The molecule has 276 valence electrons. The first kappa shape index (κ1) is 43.7. The van der Waals surface area contributed by atoms with Crippen LogP contribution in [0.4, 0.5) is 123 Å². The maximum Gasteiger partial charge on any atom is 0.385 e. The number of halogens is 28. The molecule has 0 amide bonds. The summed E-state index contributed by atoms with van der Waals surface area (Å²) in [6, 6.07) is 0. The minimum absolute atomic E-state index is 0.942. The Morgan fingerprint density at radius 1 is 0.283 bits per heavy atom. The topological polar surface area (TPSA) is 17.1 Å². The largest absolute Gasteiger partial charge is 0.385 e. The molecule has 0 aromatic rings. The van der Waals surface area contributed by atoms with Crippen molar-refractivity contribution in [3.63, 3.8) is 0 Å². The van der Waals surface area contributed by atoms with E-state index in [2.05, 4.69) is 0 Å². The first-order chi connectivity index (χ1) is 19.2. The third-order valence-electron chi connectivity index (χ3n) is 5.73. The fourth-order valence-corrected chi connectivity index (χ4v) is 2.67. The van der Waals surface area contributed by atoms with Crippen LogP contribution in [0.1, 0.15) is 13.8 Å². The highest BCUT2D eigenvalue weighted by atomic mass is 19.4. The van der Waals surface area contributed by atoms with Gasteiger partial charge < -0.3 is 0 Å². The Labute approximate surface area is 231 Å². The molecule has 0 aliphatic carbocycles. The van der Waals surface area contributed by atoms with Gasteiger partial charge in [0.2, 0.25) is 5.78 Å². The second kappa shape index (κ2) is 10.4. The summed E-state index contributed by atoms with van der Waals surface area (Å²) in [5.41, 5.74) is 0. The summed E-state index contributed by atoms with van der Waals surface area (Å²) in [4.78, 5) is 10.4. The molecule has 0 radical (unpaired) electrons. The van der Waals surface area contributed by atoms with Crippen molar-refractivity contribution >= 4 is 5.78 Å². The van der Waals surface area contributed by atoms with Crippen LogP contribution in [-0.4, -0.2) is 88.7 Å². The molecule has 0 aliphatic heterocycles. The number of hydrogen-bond donors (Lipinski definition) is 0. The van der Waals surface area contributed by atoms with E-state index in [-0.39, 0.29) is 0 Å². The van der Waals surface area contributed by atoms with Gasteiger partial charge in [-0.3, -0.25) is 4.79 Å². The first-order valence-corrected chi connectivity index (χ1v) is 10.00. The van der Waals surface area contributed by atoms with Crippen molar-refractivity contribution in [1.82, 2.24) is 0 Å². The molecule has 0 unspecified atom stereocenters. The molecule has 0 aromatic carbocycles. The van der Waals surface area contributed by atoms with Gasteiger partial charge >= 0.3 is 82.9 Å². The van der Waals surface area contributed by atoms with E-state index in [1.54, 1.807) is 0 Å². The minimum Gasteiger partial charge on any atom is -0.293 e. The van der Waals surface area contributed by atoms with Gasteiger partial charge in [0.1, 0.15) is 0 Å². The molecule has 1 nitrogen and oxygen atoms in total. The fraction of sp³-hybridized carbons (Fsp3) is 0.941. The molecule has 0 rings (SSSR count). The van der Waals surface area contributed by atoms with Gasteiger partial charge in [-0.15, -0.1) is 0 Å². The number of Topliss-reactive ketones (excluding diaryl/α,β-unsaturated/α-hetero) is 1. The lowest BCUT2D eigenvalue weighted by molar-refractivity contribution is -0.484. The van der Waals surface area contributed by atoms with Crippen molar-refractivity contribution in [3.05, 3.63) is 0 Å². The van der Waals surface area contributed by atoms with Gasteiger partial charge in [-0.2, -0.15) is 123 Å². The summed E-state index contributed by atoms with van der Waals surface area (Å²) < 4.78 is 376. The fourth-order valence-electron chi connectivity index (χ4n) is 2.67. The van der Waals surface area contributed by atoms with Crippen LogP contribution in [0.25, 0.3) is 0 Å². The number of carbonyl (C=O) groups excluding carboxylic acids is 1. The average molecular weight is 758 g/mol. The summed E-state index contributed by atoms with van der Waals surface area (Å²) >= 11 is 0. The second-order valence-corrected chi connectivity index (χ2v) is 8.91. The Morgan fingerprint density at radius 3 is 0.543 bits per heavy atom. The summed E-state index contributed by atoms with van der Waals surface area (Å²) in [7, 11) is 0. The maximum atomic E-state index is 13.7. The molecule has 0 aliphatic rings. The van der Waals surface area contributed by atoms with Crippen LogP contribution in [0.15, 0.2) is 0 Å². The lowest BCUT2D eigenvalue weighted by Crippen LogP contribution is -2.79. The predicted octanol–water partition coefficient (Wildman–Crippen LogP) is 9.49. The maximum absolute atomic E-state index is 13.7. The van der Waals surface area contributed by atoms with E-state index in [0.29, 0.717) is 0 Å². The SMILES string of the molecule is CC(=O)C(F)(F)C(F)(F)C(F)(F)C(F)(F)C(F)(F)C(F)(F)C(F)(F)C(F)(F)C(F)(F)C(F)(F)C(F)(F)C(F)(F)C(F)(F)C(C)(F)F. The van der Waals surface area contributed by atoms with Crippen LogP contribution < -0.4 is 0 Å². The zero-order chi connectivity index (χ0) is 38.6. The monoisotopic (exact) mass is 758 g/mol. The molecular formula is C17H6F28O. The Kier molecular flexibility index (Phi) is 9.84. The van der Waals surface area contributed by atoms with E-state index in [9.17, 15) is 128 Å². The summed E-state index contributed by atoms with van der Waals surface area (Å²) in [5, 5.41) is 0. The van der Waals surface area contributed by atoms with Crippen molar-refractivity contribution in [1.29, 1.82) is 0 Å². The standard InChI is InChI=1S/C17H6F28O/c1-3(46)5(20,21)7(24,25)9(28,29)11(32,33)13(36,37)15(40,41)17(44,45)16(42,43)14(38,39)12(34,35)10(30,31)8(26,27)6(22,23)4(2,18)19/h1-2H3. The third kappa shape index (κ3) is 4.74. The van der Waals surface area contributed by atoms with Crippen molar-refractivity contribution < 1.29 is 128 Å². The van der Waals surface area contributed by atoms with E-state index in [1.165, 1.54) is 0 Å². The average Bonchev–Trinajstić information content (AvgIpc) is 2.81. The zero-order valence-electron chi connectivity index (χ0n) is 20.5. The summed E-state index contributed by atoms with van der Waals surface area (Å²) in [5.74, 6) is -130. The number of alkyl halides is 28. The zero-order valence-corrected chi connectivity index (χ0v) is 20.5. The molecule has 0 spiro atoms. The van der Waals surface area contributed by atoms with Crippen molar-refractivity contribution in [3.8, 4) is 0 Å². The molecule has 0 N–H and O–H groups in total. The lowest BCUT2D eigenvalue weighted by Gasteiger charge is -2.46. The van der Waals surface area contributed by atoms with Crippen molar-refractivity contribution in [2.45, 2.75) is 96.8 Å².